The van der Waals surface area contributed by atoms with Gasteiger partial charge in [0.15, 0.2) is 0 Å². The van der Waals surface area contributed by atoms with Crippen LogP contribution >= 0.6 is 0 Å². The highest BCUT2D eigenvalue weighted by atomic mass is 14.6. The lowest BCUT2D eigenvalue weighted by atomic mass is 10.0. The zero-order valence-electron chi connectivity index (χ0n) is 20.8. The molecule has 2 N–H and O–H groups in total. The van der Waals surface area contributed by atoms with Crippen LogP contribution in [0.1, 0.15) is 174 Å². The van der Waals surface area contributed by atoms with Gasteiger partial charge in [-0.3, -0.25) is 0 Å². The Bertz CT molecular complexity index is 275. The second kappa shape index (κ2) is 26.0. The van der Waals surface area contributed by atoms with E-state index in [1.807, 2.05) is 0 Å². The van der Waals surface area contributed by atoms with Crippen LogP contribution in [0.15, 0.2) is 0 Å². The minimum absolute atomic E-state index is 0.470. The van der Waals surface area contributed by atoms with Crippen LogP contribution < -0.4 is 5.73 Å². The van der Waals surface area contributed by atoms with Crippen LogP contribution in [-0.4, -0.2) is 6.04 Å². The Kier molecular flexibility index (Phi) is 26.0. The van der Waals surface area contributed by atoms with Crippen molar-refractivity contribution >= 4 is 0 Å². The summed E-state index contributed by atoms with van der Waals surface area (Å²) in [6.07, 6.45) is 35.5. The van der Waals surface area contributed by atoms with Crippen molar-refractivity contribution in [3.63, 3.8) is 0 Å². The number of hydrogen-bond acceptors (Lipinski definition) is 1. The molecule has 0 radical (unpaired) electrons. The third-order valence-electron chi connectivity index (χ3n) is 6.61. The van der Waals surface area contributed by atoms with Crippen LogP contribution in [0.3, 0.4) is 0 Å². The van der Waals surface area contributed by atoms with Crippen molar-refractivity contribution in [2.75, 3.05) is 0 Å². The Balaban J connectivity index is 3.10. The van der Waals surface area contributed by atoms with E-state index in [1.54, 1.807) is 0 Å². The van der Waals surface area contributed by atoms with Gasteiger partial charge in [-0.15, -0.1) is 0 Å². The second-order valence-corrected chi connectivity index (χ2v) is 9.76. The van der Waals surface area contributed by atoms with E-state index in [0.29, 0.717) is 6.04 Å². The van der Waals surface area contributed by atoms with Gasteiger partial charge in [0.2, 0.25) is 0 Å². The Hall–Kier alpha value is -0.0400. The summed E-state index contributed by atoms with van der Waals surface area (Å²) < 4.78 is 0. The van der Waals surface area contributed by atoms with Gasteiger partial charge in [-0.2, -0.15) is 0 Å². The standard InChI is InChI=1S/C28H59N/c1-3-5-7-9-11-12-13-14-15-16-17-18-19-21-23-25-27-28(29)26-24-22-20-10-8-6-4-2/h28H,3-27,29H2,1-2H3. The highest BCUT2D eigenvalue weighted by Gasteiger charge is 2.02. The molecule has 0 aromatic rings. The summed E-state index contributed by atoms with van der Waals surface area (Å²) in [4.78, 5) is 0. The first-order valence-electron chi connectivity index (χ1n) is 14.1. The molecule has 1 unspecified atom stereocenters. The van der Waals surface area contributed by atoms with E-state index in [4.69, 9.17) is 5.73 Å². The maximum absolute atomic E-state index is 6.30. The van der Waals surface area contributed by atoms with Crippen LogP contribution in [0.25, 0.3) is 0 Å². The van der Waals surface area contributed by atoms with Gasteiger partial charge in [-0.05, 0) is 12.8 Å². The topological polar surface area (TPSA) is 26.0 Å². The maximum Gasteiger partial charge on any atom is 0.00388 e. The third kappa shape index (κ3) is 25.9. The van der Waals surface area contributed by atoms with Crippen molar-refractivity contribution in [2.45, 2.75) is 180 Å². The van der Waals surface area contributed by atoms with E-state index in [1.165, 1.54) is 161 Å². The first-order chi connectivity index (χ1) is 14.3. The van der Waals surface area contributed by atoms with Crippen molar-refractivity contribution in [1.29, 1.82) is 0 Å². The van der Waals surface area contributed by atoms with Gasteiger partial charge in [0.25, 0.3) is 0 Å². The lowest BCUT2D eigenvalue weighted by molar-refractivity contribution is 0.479. The molecular formula is C28H59N. The number of unbranched alkanes of at least 4 members (excludes halogenated alkanes) is 21. The lowest BCUT2D eigenvalue weighted by Crippen LogP contribution is -2.19. The molecule has 0 aliphatic heterocycles. The average molecular weight is 410 g/mol. The van der Waals surface area contributed by atoms with Crippen LogP contribution in [-0.2, 0) is 0 Å². The van der Waals surface area contributed by atoms with Crippen molar-refractivity contribution < 1.29 is 0 Å². The van der Waals surface area contributed by atoms with Crippen molar-refractivity contribution in [3.8, 4) is 0 Å². The molecule has 0 fully saturated rings. The van der Waals surface area contributed by atoms with Crippen molar-refractivity contribution in [3.05, 3.63) is 0 Å². The predicted molar refractivity (Wildman–Crippen MR) is 135 cm³/mol. The summed E-state index contributed by atoms with van der Waals surface area (Å²) in [5, 5.41) is 0. The summed E-state index contributed by atoms with van der Waals surface area (Å²) in [6.45, 7) is 4.59. The van der Waals surface area contributed by atoms with Gasteiger partial charge in [0.05, 0.1) is 0 Å². The summed E-state index contributed by atoms with van der Waals surface area (Å²) in [7, 11) is 0. The fraction of sp³-hybridized carbons (Fsp3) is 1.00. The maximum atomic E-state index is 6.30. The molecule has 0 bridgehead atoms. The van der Waals surface area contributed by atoms with Gasteiger partial charge in [0, 0.05) is 6.04 Å². The van der Waals surface area contributed by atoms with E-state index in [0.717, 1.165) is 0 Å². The van der Waals surface area contributed by atoms with Crippen molar-refractivity contribution in [2.24, 2.45) is 5.73 Å². The minimum Gasteiger partial charge on any atom is -0.328 e. The molecular weight excluding hydrogens is 350 g/mol. The van der Waals surface area contributed by atoms with Crippen LogP contribution in [0.2, 0.25) is 0 Å². The van der Waals surface area contributed by atoms with Crippen LogP contribution in [0.4, 0.5) is 0 Å². The number of rotatable bonds is 25. The van der Waals surface area contributed by atoms with Gasteiger partial charge < -0.3 is 5.73 Å². The fourth-order valence-electron chi connectivity index (χ4n) is 4.46. The summed E-state index contributed by atoms with van der Waals surface area (Å²) in [5.41, 5.74) is 6.30. The third-order valence-corrected chi connectivity index (χ3v) is 6.61. The Morgan fingerprint density at radius 1 is 0.345 bits per heavy atom. The predicted octanol–water partition coefficient (Wildman–Crippen LogP) is 10.1. The highest BCUT2D eigenvalue weighted by Crippen LogP contribution is 2.15. The van der Waals surface area contributed by atoms with Crippen molar-refractivity contribution in [1.82, 2.24) is 0 Å². The SMILES string of the molecule is CCCCCCCCCCCCCCCCCCC(N)CCCCCCCCC. The quantitative estimate of drug-likeness (QED) is 0.149. The molecule has 0 amide bonds. The molecule has 0 aliphatic rings. The fourth-order valence-corrected chi connectivity index (χ4v) is 4.46. The molecule has 0 heterocycles. The largest absolute Gasteiger partial charge is 0.328 e. The van der Waals surface area contributed by atoms with Crippen LogP contribution in [0.5, 0.6) is 0 Å². The highest BCUT2D eigenvalue weighted by molar-refractivity contribution is 4.62. The smallest absolute Gasteiger partial charge is 0.00388 e. The molecule has 1 heteroatoms. The van der Waals surface area contributed by atoms with E-state index in [9.17, 15) is 0 Å². The summed E-state index contributed by atoms with van der Waals surface area (Å²) >= 11 is 0. The monoisotopic (exact) mass is 409 g/mol. The van der Waals surface area contributed by atoms with E-state index < -0.39 is 0 Å². The zero-order valence-corrected chi connectivity index (χ0v) is 20.8. The molecule has 1 atom stereocenters. The molecule has 1 nitrogen and oxygen atoms in total. The molecule has 29 heavy (non-hydrogen) atoms. The number of hydrogen-bond donors (Lipinski definition) is 1. The second-order valence-electron chi connectivity index (χ2n) is 9.76. The van der Waals surface area contributed by atoms with E-state index in [-0.39, 0.29) is 0 Å². The number of nitrogens with two attached hydrogens (primary N) is 1. The molecule has 0 rings (SSSR count). The van der Waals surface area contributed by atoms with Crippen LogP contribution in [0, 0.1) is 0 Å². The molecule has 0 aromatic carbocycles. The molecule has 0 saturated carbocycles. The van der Waals surface area contributed by atoms with Gasteiger partial charge >= 0.3 is 0 Å². The zero-order chi connectivity index (χ0) is 21.3. The summed E-state index contributed by atoms with van der Waals surface area (Å²) in [6, 6.07) is 0.470. The first kappa shape index (κ1) is 29.0. The normalized spacial score (nSPS) is 12.5. The Morgan fingerprint density at radius 2 is 0.552 bits per heavy atom. The van der Waals surface area contributed by atoms with Gasteiger partial charge in [0.1, 0.15) is 0 Å². The molecule has 0 saturated heterocycles. The van der Waals surface area contributed by atoms with Gasteiger partial charge in [-0.25, -0.2) is 0 Å². The first-order valence-corrected chi connectivity index (χ1v) is 14.1. The summed E-state index contributed by atoms with van der Waals surface area (Å²) in [5.74, 6) is 0. The lowest BCUT2D eigenvalue weighted by Gasteiger charge is -2.11. The Labute approximate surface area is 186 Å². The average Bonchev–Trinajstić information content (AvgIpc) is 2.72. The molecule has 0 aliphatic carbocycles. The molecule has 0 spiro atoms. The molecule has 0 aromatic heterocycles. The van der Waals surface area contributed by atoms with E-state index >= 15 is 0 Å². The molecule has 176 valence electrons. The minimum atomic E-state index is 0.470. The van der Waals surface area contributed by atoms with Gasteiger partial charge in [-0.1, -0.05) is 162 Å². The van der Waals surface area contributed by atoms with E-state index in [2.05, 4.69) is 13.8 Å². The Morgan fingerprint density at radius 3 is 0.793 bits per heavy atom.